The number of ether oxygens (including phenoxy) is 1. The predicted molar refractivity (Wildman–Crippen MR) is 77.5 cm³/mol. The maximum Gasteiger partial charge on any atom is 0.225 e. The maximum absolute atomic E-state index is 12.0. The van der Waals surface area contributed by atoms with E-state index in [0.717, 1.165) is 42.3 Å². The summed E-state index contributed by atoms with van der Waals surface area (Å²) in [5.74, 6) is 0. The van der Waals surface area contributed by atoms with Crippen LogP contribution in [0.5, 0.6) is 0 Å². The fraction of sp³-hybridized carbons (Fsp3) is 0.267. The van der Waals surface area contributed by atoms with Crippen LogP contribution in [0.3, 0.4) is 0 Å². The smallest absolute Gasteiger partial charge is 0.225 e. The number of allylic oxidation sites excluding steroid dienone is 1. The van der Waals surface area contributed by atoms with Gasteiger partial charge in [-0.15, -0.1) is 0 Å². The zero-order chi connectivity index (χ0) is 13.1. The molecular formula is C15H15NO2S. The SMILES string of the molecule is O=C1SC(c2ccccc2)=C/C1=C\N1CCOCC1. The van der Waals surface area contributed by atoms with Crippen LogP contribution < -0.4 is 0 Å². The van der Waals surface area contributed by atoms with Crippen LogP contribution in [0.15, 0.2) is 48.2 Å². The molecule has 2 heterocycles. The number of hydrogen-bond donors (Lipinski definition) is 0. The van der Waals surface area contributed by atoms with Gasteiger partial charge in [-0.3, -0.25) is 4.79 Å². The Hall–Kier alpha value is -1.52. The van der Waals surface area contributed by atoms with E-state index in [4.69, 9.17) is 4.74 Å². The van der Waals surface area contributed by atoms with Gasteiger partial charge in [-0.25, -0.2) is 0 Å². The first-order chi connectivity index (χ1) is 9.33. The van der Waals surface area contributed by atoms with Crippen LogP contribution in [0.4, 0.5) is 0 Å². The molecule has 1 aromatic carbocycles. The van der Waals surface area contributed by atoms with Crippen molar-refractivity contribution in [3.8, 4) is 0 Å². The van der Waals surface area contributed by atoms with Gasteiger partial charge in [0, 0.05) is 29.8 Å². The van der Waals surface area contributed by atoms with Crippen LogP contribution in [-0.4, -0.2) is 36.3 Å². The van der Waals surface area contributed by atoms with Crippen molar-refractivity contribution in [1.29, 1.82) is 0 Å². The van der Waals surface area contributed by atoms with Gasteiger partial charge in [0.25, 0.3) is 0 Å². The lowest BCUT2D eigenvalue weighted by Crippen LogP contribution is -2.32. The molecule has 0 amide bonds. The van der Waals surface area contributed by atoms with E-state index in [-0.39, 0.29) is 5.12 Å². The first-order valence-electron chi connectivity index (χ1n) is 6.36. The van der Waals surface area contributed by atoms with Crippen molar-refractivity contribution in [2.24, 2.45) is 0 Å². The van der Waals surface area contributed by atoms with Crippen LogP contribution in [0, 0.1) is 0 Å². The number of thioether (sulfide) groups is 1. The van der Waals surface area contributed by atoms with Crippen LogP contribution in [0.2, 0.25) is 0 Å². The predicted octanol–water partition coefficient (Wildman–Crippen LogP) is 2.52. The van der Waals surface area contributed by atoms with E-state index < -0.39 is 0 Å². The van der Waals surface area contributed by atoms with E-state index >= 15 is 0 Å². The van der Waals surface area contributed by atoms with Gasteiger partial charge in [0.1, 0.15) is 0 Å². The molecule has 0 atom stereocenters. The standard InChI is InChI=1S/C15H15NO2S/c17-15-13(11-16-6-8-18-9-7-16)10-14(19-15)12-4-2-1-3-5-12/h1-5,10-11H,6-9H2/b13-11+. The molecule has 3 nitrogen and oxygen atoms in total. The molecular weight excluding hydrogens is 258 g/mol. The maximum atomic E-state index is 12.0. The Labute approximate surface area is 116 Å². The third-order valence-corrected chi connectivity index (χ3v) is 4.15. The quantitative estimate of drug-likeness (QED) is 0.774. The molecule has 2 aliphatic rings. The summed E-state index contributed by atoms with van der Waals surface area (Å²) in [6.07, 6.45) is 3.95. The first kappa shape index (κ1) is 12.5. The molecule has 0 spiro atoms. The molecule has 1 aromatic rings. The number of nitrogens with zero attached hydrogens (tertiary/aromatic N) is 1. The molecule has 0 N–H and O–H groups in total. The summed E-state index contributed by atoms with van der Waals surface area (Å²) in [7, 11) is 0. The Bertz CT molecular complexity index is 530. The highest BCUT2D eigenvalue weighted by molar-refractivity contribution is 8.22. The highest BCUT2D eigenvalue weighted by atomic mass is 32.2. The average molecular weight is 273 g/mol. The van der Waals surface area contributed by atoms with Crippen LogP contribution in [0.25, 0.3) is 4.91 Å². The highest BCUT2D eigenvalue weighted by Gasteiger charge is 2.22. The number of rotatable bonds is 2. The second kappa shape index (κ2) is 5.63. The van der Waals surface area contributed by atoms with Gasteiger partial charge in [0.05, 0.1) is 13.2 Å². The van der Waals surface area contributed by atoms with Crippen molar-refractivity contribution < 1.29 is 9.53 Å². The first-order valence-corrected chi connectivity index (χ1v) is 7.17. The van der Waals surface area contributed by atoms with E-state index in [0.29, 0.717) is 0 Å². The molecule has 3 rings (SSSR count). The van der Waals surface area contributed by atoms with Gasteiger partial charge in [-0.2, -0.15) is 0 Å². The number of hydrogen-bond acceptors (Lipinski definition) is 4. The highest BCUT2D eigenvalue weighted by Crippen LogP contribution is 2.37. The zero-order valence-electron chi connectivity index (χ0n) is 10.5. The molecule has 0 saturated carbocycles. The molecule has 1 fully saturated rings. The second-order valence-electron chi connectivity index (χ2n) is 4.50. The average Bonchev–Trinajstić information content (AvgIpc) is 2.82. The van der Waals surface area contributed by atoms with Crippen LogP contribution in [-0.2, 0) is 9.53 Å². The zero-order valence-corrected chi connectivity index (χ0v) is 11.4. The third kappa shape index (κ3) is 2.91. The summed E-state index contributed by atoms with van der Waals surface area (Å²) in [5.41, 5.74) is 1.89. The minimum Gasteiger partial charge on any atom is -0.378 e. The molecule has 4 heteroatoms. The molecule has 0 radical (unpaired) electrons. The van der Waals surface area contributed by atoms with Gasteiger partial charge in [-0.1, -0.05) is 30.3 Å². The molecule has 0 bridgehead atoms. The van der Waals surface area contributed by atoms with E-state index in [1.165, 1.54) is 11.8 Å². The minimum atomic E-state index is 0.130. The van der Waals surface area contributed by atoms with Crippen molar-refractivity contribution in [3.63, 3.8) is 0 Å². The second-order valence-corrected chi connectivity index (χ2v) is 5.51. The summed E-state index contributed by atoms with van der Waals surface area (Å²) in [6.45, 7) is 3.19. The van der Waals surface area contributed by atoms with Gasteiger partial charge < -0.3 is 9.64 Å². The molecule has 19 heavy (non-hydrogen) atoms. The monoisotopic (exact) mass is 273 g/mol. The van der Waals surface area contributed by atoms with E-state index in [2.05, 4.69) is 4.90 Å². The summed E-state index contributed by atoms with van der Waals surface area (Å²) < 4.78 is 5.30. The summed E-state index contributed by atoms with van der Waals surface area (Å²) in [5, 5.41) is 0.130. The fourth-order valence-electron chi connectivity index (χ4n) is 2.13. The van der Waals surface area contributed by atoms with Gasteiger partial charge >= 0.3 is 0 Å². The Morgan fingerprint density at radius 2 is 1.89 bits per heavy atom. The molecule has 98 valence electrons. The van der Waals surface area contributed by atoms with Crippen molar-refractivity contribution in [2.45, 2.75) is 0 Å². The fourth-order valence-corrected chi connectivity index (χ4v) is 3.00. The number of benzene rings is 1. The minimum absolute atomic E-state index is 0.130. The van der Waals surface area contributed by atoms with Crippen molar-refractivity contribution >= 4 is 21.8 Å². The van der Waals surface area contributed by atoms with E-state index in [9.17, 15) is 4.79 Å². The van der Waals surface area contributed by atoms with Gasteiger partial charge in [0.2, 0.25) is 5.12 Å². The lowest BCUT2D eigenvalue weighted by Gasteiger charge is -2.25. The third-order valence-electron chi connectivity index (χ3n) is 3.15. The number of carbonyl (C=O) groups excluding carboxylic acids is 1. The summed E-state index contributed by atoms with van der Waals surface area (Å²) in [6, 6.07) is 10.0. The molecule has 1 saturated heterocycles. The molecule has 0 aromatic heterocycles. The Morgan fingerprint density at radius 3 is 2.63 bits per heavy atom. The van der Waals surface area contributed by atoms with Crippen LogP contribution in [0.1, 0.15) is 5.56 Å². The van der Waals surface area contributed by atoms with Crippen molar-refractivity contribution in [2.75, 3.05) is 26.3 Å². The lowest BCUT2D eigenvalue weighted by atomic mass is 10.2. The summed E-state index contributed by atoms with van der Waals surface area (Å²) >= 11 is 1.31. The largest absolute Gasteiger partial charge is 0.378 e. The van der Waals surface area contributed by atoms with Crippen LogP contribution >= 0.6 is 11.8 Å². The lowest BCUT2D eigenvalue weighted by molar-refractivity contribution is -0.107. The Kier molecular flexibility index (Phi) is 3.71. The Morgan fingerprint density at radius 1 is 1.16 bits per heavy atom. The van der Waals surface area contributed by atoms with Crippen molar-refractivity contribution in [1.82, 2.24) is 4.90 Å². The molecule has 0 aliphatic carbocycles. The molecule has 0 unspecified atom stereocenters. The van der Waals surface area contributed by atoms with Gasteiger partial charge in [0.15, 0.2) is 0 Å². The molecule has 2 aliphatic heterocycles. The topological polar surface area (TPSA) is 29.5 Å². The number of carbonyl (C=O) groups is 1. The normalized spacial score (nSPS) is 21.9. The van der Waals surface area contributed by atoms with E-state index in [1.807, 2.05) is 42.6 Å². The van der Waals surface area contributed by atoms with Crippen molar-refractivity contribution in [3.05, 3.63) is 53.7 Å². The van der Waals surface area contributed by atoms with E-state index in [1.54, 1.807) is 0 Å². The van der Waals surface area contributed by atoms with Gasteiger partial charge in [-0.05, 0) is 23.4 Å². The number of morpholine rings is 1. The summed E-state index contributed by atoms with van der Waals surface area (Å²) in [4.78, 5) is 15.2. The Balaban J connectivity index is 1.81.